The average Bonchev–Trinajstić information content (AvgIpc) is 2.12. The summed E-state index contributed by atoms with van der Waals surface area (Å²) in [7, 11) is 0. The topological polar surface area (TPSA) is 60.4 Å². The number of carbonyl (C=O) groups excluding carboxylic acids is 3. The minimum atomic E-state index is -1.12. The number of aldehydes is 1. The van der Waals surface area contributed by atoms with Crippen LogP contribution in [0.1, 0.15) is 27.2 Å². The van der Waals surface area contributed by atoms with Gasteiger partial charge in [-0.2, -0.15) is 0 Å². The fourth-order valence-electron chi connectivity index (χ4n) is 0.608. The molecule has 13 heavy (non-hydrogen) atoms. The zero-order valence-corrected chi connectivity index (χ0v) is 8.12. The molecule has 0 heterocycles. The van der Waals surface area contributed by atoms with Crippen LogP contribution in [0.2, 0.25) is 0 Å². The largest absolute Gasteiger partial charge is 0.457 e. The van der Waals surface area contributed by atoms with Gasteiger partial charge < -0.3 is 9.53 Å². The van der Waals surface area contributed by atoms with Crippen LogP contribution in [0.25, 0.3) is 0 Å². The van der Waals surface area contributed by atoms with Gasteiger partial charge >= 0.3 is 5.97 Å². The Morgan fingerprint density at radius 3 is 2.31 bits per heavy atom. The summed E-state index contributed by atoms with van der Waals surface area (Å²) >= 11 is 0. The molecule has 0 aliphatic rings. The van der Waals surface area contributed by atoms with E-state index in [-0.39, 0.29) is 12.4 Å². The van der Waals surface area contributed by atoms with E-state index in [0.29, 0.717) is 12.7 Å². The molecule has 0 saturated heterocycles. The highest BCUT2D eigenvalue weighted by atomic mass is 16.5. The molecule has 4 nitrogen and oxygen atoms in total. The summed E-state index contributed by atoms with van der Waals surface area (Å²) in [6, 6.07) is 0. The molecule has 0 aliphatic carbocycles. The average molecular weight is 186 g/mol. The number of Topliss-reactive ketones (excluding diaryl/α,β-unsaturated/α-hetero) is 1. The number of carbonyl (C=O) groups is 3. The zero-order valence-electron chi connectivity index (χ0n) is 8.12. The smallest absolute Gasteiger partial charge is 0.319 e. The normalized spacial score (nSPS) is 14.4. The van der Waals surface area contributed by atoms with Crippen LogP contribution in [0.5, 0.6) is 0 Å². The Kier molecular flexibility index (Phi) is 4.31. The first-order valence-electron chi connectivity index (χ1n) is 4.09. The van der Waals surface area contributed by atoms with Gasteiger partial charge in [-0.15, -0.1) is 0 Å². The van der Waals surface area contributed by atoms with E-state index in [4.69, 9.17) is 0 Å². The second kappa shape index (κ2) is 4.74. The van der Waals surface area contributed by atoms with Crippen molar-refractivity contribution < 1.29 is 19.1 Å². The highest BCUT2D eigenvalue weighted by Gasteiger charge is 2.32. The Morgan fingerprint density at radius 1 is 1.46 bits per heavy atom. The number of hydrogen-bond acceptors (Lipinski definition) is 4. The summed E-state index contributed by atoms with van der Waals surface area (Å²) in [6.07, 6.45) is 0.919. The maximum Gasteiger partial charge on any atom is 0.319 e. The lowest BCUT2D eigenvalue weighted by Gasteiger charge is -2.17. The van der Waals surface area contributed by atoms with Gasteiger partial charge in [-0.3, -0.25) is 9.59 Å². The highest BCUT2D eigenvalue weighted by molar-refractivity contribution is 5.93. The van der Waals surface area contributed by atoms with Gasteiger partial charge in [0.15, 0.2) is 5.78 Å². The molecule has 0 aromatic heterocycles. The Morgan fingerprint density at radius 2 is 2.00 bits per heavy atom. The summed E-state index contributed by atoms with van der Waals surface area (Å²) in [6.45, 7) is 4.26. The third kappa shape index (κ3) is 3.36. The highest BCUT2D eigenvalue weighted by Crippen LogP contribution is 2.19. The van der Waals surface area contributed by atoms with E-state index in [2.05, 4.69) is 4.74 Å². The minimum absolute atomic E-state index is 0.238. The maximum absolute atomic E-state index is 11.2. The van der Waals surface area contributed by atoms with Crippen LogP contribution in [0, 0.1) is 5.41 Å². The molecule has 0 aromatic rings. The lowest BCUT2D eigenvalue weighted by molar-refractivity contribution is -0.158. The standard InChI is InChI=1S/C9H14O4/c1-4-9(3,6-10)8(12)13-5-7(2)11/h6H,4-5H2,1-3H3. The van der Waals surface area contributed by atoms with E-state index in [1.165, 1.54) is 13.8 Å². The van der Waals surface area contributed by atoms with Crippen molar-refractivity contribution in [2.45, 2.75) is 27.2 Å². The van der Waals surface area contributed by atoms with Gasteiger partial charge in [-0.1, -0.05) is 6.92 Å². The summed E-state index contributed by atoms with van der Waals surface area (Å²) in [5, 5.41) is 0. The molecule has 0 saturated carbocycles. The van der Waals surface area contributed by atoms with Crippen molar-refractivity contribution in [3.8, 4) is 0 Å². The van der Waals surface area contributed by atoms with Gasteiger partial charge in [0.1, 0.15) is 18.3 Å². The summed E-state index contributed by atoms with van der Waals surface area (Å²) in [5.41, 5.74) is -1.12. The first kappa shape index (κ1) is 11.8. The molecule has 0 aliphatic heterocycles. The monoisotopic (exact) mass is 186 g/mol. The first-order valence-corrected chi connectivity index (χ1v) is 4.09. The summed E-state index contributed by atoms with van der Waals surface area (Å²) < 4.78 is 4.63. The molecular formula is C9H14O4. The number of esters is 1. The summed E-state index contributed by atoms with van der Waals surface area (Å²) in [4.78, 5) is 32.3. The lowest BCUT2D eigenvalue weighted by atomic mass is 9.90. The van der Waals surface area contributed by atoms with Gasteiger partial charge in [0.2, 0.25) is 0 Å². The van der Waals surface area contributed by atoms with Gasteiger partial charge in [-0.25, -0.2) is 0 Å². The molecule has 0 amide bonds. The van der Waals surface area contributed by atoms with Crippen LogP contribution in [0.3, 0.4) is 0 Å². The predicted molar refractivity (Wildman–Crippen MR) is 46.1 cm³/mol. The van der Waals surface area contributed by atoms with E-state index < -0.39 is 11.4 Å². The lowest BCUT2D eigenvalue weighted by Crippen LogP contribution is -2.31. The van der Waals surface area contributed by atoms with Gasteiger partial charge in [0, 0.05) is 0 Å². The molecular weight excluding hydrogens is 172 g/mol. The molecule has 4 heteroatoms. The molecule has 0 fully saturated rings. The molecule has 0 spiro atoms. The molecule has 1 atom stereocenters. The molecule has 0 radical (unpaired) electrons. The van der Waals surface area contributed by atoms with Crippen LogP contribution in [0.15, 0.2) is 0 Å². The molecule has 0 bridgehead atoms. The second-order valence-electron chi connectivity index (χ2n) is 3.17. The van der Waals surface area contributed by atoms with Crippen molar-refractivity contribution in [3.05, 3.63) is 0 Å². The van der Waals surface area contributed by atoms with E-state index >= 15 is 0 Å². The molecule has 1 unspecified atom stereocenters. The van der Waals surface area contributed by atoms with Crippen LogP contribution >= 0.6 is 0 Å². The number of ether oxygens (including phenoxy) is 1. The van der Waals surface area contributed by atoms with E-state index in [1.54, 1.807) is 6.92 Å². The SMILES string of the molecule is CCC(C)(C=O)C(=O)OCC(C)=O. The van der Waals surface area contributed by atoms with Crippen molar-refractivity contribution in [1.82, 2.24) is 0 Å². The Labute approximate surface area is 77.3 Å². The number of hydrogen-bond donors (Lipinski definition) is 0. The summed E-state index contributed by atoms with van der Waals surface area (Å²) in [5.74, 6) is -0.877. The molecule has 0 rings (SSSR count). The Balaban J connectivity index is 4.23. The quantitative estimate of drug-likeness (QED) is 0.361. The van der Waals surface area contributed by atoms with Crippen molar-refractivity contribution in [2.24, 2.45) is 5.41 Å². The zero-order chi connectivity index (χ0) is 10.5. The maximum atomic E-state index is 11.2. The van der Waals surface area contributed by atoms with Crippen LogP contribution in [-0.2, 0) is 19.1 Å². The van der Waals surface area contributed by atoms with E-state index in [9.17, 15) is 14.4 Å². The number of rotatable bonds is 5. The van der Waals surface area contributed by atoms with Gasteiger partial charge in [0.05, 0.1) is 0 Å². The van der Waals surface area contributed by atoms with Crippen molar-refractivity contribution in [2.75, 3.05) is 6.61 Å². The fraction of sp³-hybridized carbons (Fsp3) is 0.667. The Bertz CT molecular complexity index is 222. The number of ketones is 1. The predicted octanol–water partition coefficient (Wildman–Crippen LogP) is 0.734. The van der Waals surface area contributed by atoms with E-state index in [1.807, 2.05) is 0 Å². The van der Waals surface area contributed by atoms with Gasteiger partial charge in [-0.05, 0) is 20.3 Å². The molecule has 0 aromatic carbocycles. The van der Waals surface area contributed by atoms with Crippen molar-refractivity contribution >= 4 is 18.0 Å². The molecule has 74 valence electrons. The van der Waals surface area contributed by atoms with Crippen LogP contribution in [0.4, 0.5) is 0 Å². The fourth-order valence-corrected chi connectivity index (χ4v) is 0.608. The van der Waals surface area contributed by atoms with Gasteiger partial charge in [0.25, 0.3) is 0 Å². The van der Waals surface area contributed by atoms with Crippen LogP contribution in [-0.4, -0.2) is 24.6 Å². The van der Waals surface area contributed by atoms with Crippen molar-refractivity contribution in [3.63, 3.8) is 0 Å². The van der Waals surface area contributed by atoms with Crippen molar-refractivity contribution in [1.29, 1.82) is 0 Å². The second-order valence-corrected chi connectivity index (χ2v) is 3.17. The minimum Gasteiger partial charge on any atom is -0.457 e. The first-order chi connectivity index (χ1) is 5.96. The molecule has 0 N–H and O–H groups in total. The van der Waals surface area contributed by atoms with E-state index in [0.717, 1.165) is 0 Å². The Hall–Kier alpha value is -1.19. The van der Waals surface area contributed by atoms with Crippen LogP contribution < -0.4 is 0 Å². The third-order valence-electron chi connectivity index (χ3n) is 1.87. The third-order valence-corrected chi connectivity index (χ3v) is 1.87.